The molecule has 1 fully saturated rings. The van der Waals surface area contributed by atoms with E-state index in [9.17, 15) is 5.11 Å². The summed E-state index contributed by atoms with van der Waals surface area (Å²) in [7, 11) is 0. The molecule has 2 aliphatic rings. The summed E-state index contributed by atoms with van der Waals surface area (Å²) in [6.07, 6.45) is 9.00. The topological polar surface area (TPSA) is 44.3 Å². The molecular weight excluding hydrogens is 176 g/mol. The molecule has 0 spiro atoms. The standard InChI is InChI=1S/C11H16N2O/c1-8-12-10(7-11(2,14)13-8)9-5-3-4-6-9/h3-6,9-10,12-14H,1,7H2,2H3. The second-order valence-corrected chi connectivity index (χ2v) is 4.18. The fourth-order valence-electron chi connectivity index (χ4n) is 2.06. The fourth-order valence-corrected chi connectivity index (χ4v) is 2.06. The van der Waals surface area contributed by atoms with Crippen LogP contribution in [0.5, 0.6) is 0 Å². The first-order valence-electron chi connectivity index (χ1n) is 4.88. The molecule has 2 atom stereocenters. The van der Waals surface area contributed by atoms with Gasteiger partial charge in [-0.3, -0.25) is 0 Å². The van der Waals surface area contributed by atoms with E-state index in [4.69, 9.17) is 0 Å². The van der Waals surface area contributed by atoms with Crippen molar-refractivity contribution in [1.29, 1.82) is 0 Å². The number of allylic oxidation sites excluding steroid dienone is 2. The summed E-state index contributed by atoms with van der Waals surface area (Å²) in [6.45, 7) is 5.57. The molecule has 1 aliphatic heterocycles. The number of hydrogen-bond acceptors (Lipinski definition) is 3. The molecule has 3 heteroatoms. The maximum atomic E-state index is 9.92. The van der Waals surface area contributed by atoms with Gasteiger partial charge in [0.1, 0.15) is 5.72 Å². The van der Waals surface area contributed by atoms with Gasteiger partial charge in [0.15, 0.2) is 0 Å². The molecule has 1 saturated heterocycles. The van der Waals surface area contributed by atoms with Crippen LogP contribution >= 0.6 is 0 Å². The van der Waals surface area contributed by atoms with Gasteiger partial charge >= 0.3 is 0 Å². The molecule has 2 unspecified atom stereocenters. The van der Waals surface area contributed by atoms with Crippen molar-refractivity contribution in [2.75, 3.05) is 0 Å². The minimum atomic E-state index is -0.850. The second kappa shape index (κ2) is 3.17. The summed E-state index contributed by atoms with van der Waals surface area (Å²) in [5.41, 5.74) is -0.850. The lowest BCUT2D eigenvalue weighted by Gasteiger charge is -2.40. The zero-order chi connectivity index (χ0) is 10.2. The normalized spacial score (nSPS) is 37.0. The quantitative estimate of drug-likeness (QED) is 0.577. The Labute approximate surface area is 84.2 Å². The predicted octanol–water partition coefficient (Wildman–Crippen LogP) is 0.860. The van der Waals surface area contributed by atoms with Gasteiger partial charge in [0.05, 0.1) is 5.82 Å². The largest absolute Gasteiger partial charge is 0.371 e. The zero-order valence-corrected chi connectivity index (χ0v) is 8.33. The number of aliphatic hydroxyl groups is 1. The third-order valence-electron chi connectivity index (χ3n) is 2.64. The van der Waals surface area contributed by atoms with Gasteiger partial charge in [0, 0.05) is 18.4 Å². The molecule has 3 nitrogen and oxygen atoms in total. The van der Waals surface area contributed by atoms with Gasteiger partial charge < -0.3 is 15.7 Å². The molecular formula is C11H16N2O. The first-order chi connectivity index (χ1) is 6.57. The zero-order valence-electron chi connectivity index (χ0n) is 8.33. The van der Waals surface area contributed by atoms with Crippen LogP contribution in [-0.4, -0.2) is 16.9 Å². The summed E-state index contributed by atoms with van der Waals surface area (Å²) in [5.74, 6) is 1.06. The van der Waals surface area contributed by atoms with Crippen molar-refractivity contribution < 1.29 is 5.11 Å². The first kappa shape index (κ1) is 9.34. The lowest BCUT2D eigenvalue weighted by atomic mass is 9.92. The van der Waals surface area contributed by atoms with Crippen LogP contribution in [0.15, 0.2) is 36.7 Å². The molecule has 1 aliphatic carbocycles. The molecule has 0 aromatic carbocycles. The summed E-state index contributed by atoms with van der Waals surface area (Å²) in [6, 6.07) is 0.230. The average Bonchev–Trinajstić information content (AvgIpc) is 2.51. The van der Waals surface area contributed by atoms with Gasteiger partial charge in [-0.2, -0.15) is 0 Å². The van der Waals surface area contributed by atoms with E-state index in [0.717, 1.165) is 0 Å². The Kier molecular flexibility index (Phi) is 2.11. The SMILES string of the molecule is C=C1NC(C2C=CC=C2)CC(C)(O)N1. The Morgan fingerprint density at radius 2 is 2.14 bits per heavy atom. The van der Waals surface area contributed by atoms with Gasteiger partial charge in [-0.15, -0.1) is 0 Å². The highest BCUT2D eigenvalue weighted by atomic mass is 16.3. The summed E-state index contributed by atoms with van der Waals surface area (Å²) in [5, 5.41) is 16.1. The smallest absolute Gasteiger partial charge is 0.135 e. The third-order valence-corrected chi connectivity index (χ3v) is 2.64. The molecule has 0 amide bonds. The Hall–Kier alpha value is -1.22. The molecule has 0 aromatic heterocycles. The fraction of sp³-hybridized carbons (Fsp3) is 0.455. The molecule has 1 heterocycles. The summed E-state index contributed by atoms with van der Waals surface area (Å²) < 4.78 is 0. The van der Waals surface area contributed by atoms with Gasteiger partial charge in [-0.05, 0) is 6.92 Å². The van der Waals surface area contributed by atoms with Crippen molar-refractivity contribution in [2.24, 2.45) is 5.92 Å². The molecule has 0 saturated carbocycles. The van der Waals surface area contributed by atoms with Crippen LogP contribution in [-0.2, 0) is 0 Å². The number of nitrogens with one attached hydrogen (secondary N) is 2. The number of rotatable bonds is 1. The van der Waals surface area contributed by atoms with Crippen LogP contribution in [0.1, 0.15) is 13.3 Å². The van der Waals surface area contributed by atoms with Gasteiger partial charge in [0.2, 0.25) is 0 Å². The van der Waals surface area contributed by atoms with E-state index < -0.39 is 5.72 Å². The lowest BCUT2D eigenvalue weighted by Crippen LogP contribution is -2.57. The Morgan fingerprint density at radius 1 is 1.50 bits per heavy atom. The van der Waals surface area contributed by atoms with E-state index in [1.807, 2.05) is 12.2 Å². The van der Waals surface area contributed by atoms with Crippen LogP contribution in [0.3, 0.4) is 0 Å². The molecule has 0 bridgehead atoms. The van der Waals surface area contributed by atoms with Gasteiger partial charge in [0.25, 0.3) is 0 Å². The third kappa shape index (κ3) is 1.82. The Balaban J connectivity index is 2.09. The monoisotopic (exact) mass is 192 g/mol. The van der Waals surface area contributed by atoms with Gasteiger partial charge in [-0.1, -0.05) is 30.9 Å². The van der Waals surface area contributed by atoms with E-state index in [1.165, 1.54) is 0 Å². The van der Waals surface area contributed by atoms with E-state index in [1.54, 1.807) is 6.92 Å². The molecule has 3 N–H and O–H groups in total. The minimum Gasteiger partial charge on any atom is -0.371 e. The van der Waals surface area contributed by atoms with E-state index >= 15 is 0 Å². The summed E-state index contributed by atoms with van der Waals surface area (Å²) >= 11 is 0. The van der Waals surface area contributed by atoms with Crippen LogP contribution in [0.25, 0.3) is 0 Å². The Bertz CT molecular complexity index is 292. The minimum absolute atomic E-state index is 0.230. The average molecular weight is 192 g/mol. The van der Waals surface area contributed by atoms with Crippen LogP contribution < -0.4 is 10.6 Å². The predicted molar refractivity (Wildman–Crippen MR) is 56.2 cm³/mol. The van der Waals surface area contributed by atoms with Crippen molar-refractivity contribution in [1.82, 2.24) is 10.6 Å². The van der Waals surface area contributed by atoms with Crippen LogP contribution in [0.2, 0.25) is 0 Å². The van der Waals surface area contributed by atoms with Crippen molar-refractivity contribution in [3.05, 3.63) is 36.7 Å². The first-order valence-corrected chi connectivity index (χ1v) is 4.88. The maximum Gasteiger partial charge on any atom is 0.135 e. The highest BCUT2D eigenvalue weighted by molar-refractivity contribution is 5.22. The summed E-state index contributed by atoms with van der Waals surface area (Å²) in [4.78, 5) is 0. The van der Waals surface area contributed by atoms with Crippen LogP contribution in [0.4, 0.5) is 0 Å². The molecule has 14 heavy (non-hydrogen) atoms. The van der Waals surface area contributed by atoms with Gasteiger partial charge in [-0.25, -0.2) is 0 Å². The van der Waals surface area contributed by atoms with E-state index in [0.29, 0.717) is 18.2 Å². The molecule has 0 radical (unpaired) electrons. The second-order valence-electron chi connectivity index (χ2n) is 4.18. The van der Waals surface area contributed by atoms with E-state index in [-0.39, 0.29) is 6.04 Å². The van der Waals surface area contributed by atoms with Crippen LogP contribution in [0, 0.1) is 5.92 Å². The molecule has 0 aromatic rings. The lowest BCUT2D eigenvalue weighted by molar-refractivity contribution is -0.00356. The maximum absolute atomic E-state index is 9.92. The molecule has 2 rings (SSSR count). The number of hydrogen-bond donors (Lipinski definition) is 3. The van der Waals surface area contributed by atoms with Crippen molar-refractivity contribution >= 4 is 0 Å². The van der Waals surface area contributed by atoms with Crippen molar-refractivity contribution in [2.45, 2.75) is 25.1 Å². The highest BCUT2D eigenvalue weighted by Crippen LogP contribution is 2.24. The molecule has 76 valence electrons. The van der Waals surface area contributed by atoms with E-state index in [2.05, 4.69) is 29.4 Å². The Morgan fingerprint density at radius 3 is 2.71 bits per heavy atom. The van der Waals surface area contributed by atoms with Crippen molar-refractivity contribution in [3.63, 3.8) is 0 Å². The van der Waals surface area contributed by atoms with Crippen molar-refractivity contribution in [3.8, 4) is 0 Å². The highest BCUT2D eigenvalue weighted by Gasteiger charge is 2.33.